The zero-order chi connectivity index (χ0) is 27.5. The quantitative estimate of drug-likeness (QED) is 0.406. The molecule has 1 fully saturated rings. The third-order valence-corrected chi connectivity index (χ3v) is 6.71. The molecule has 3 rings (SSSR count). The molecule has 9 heteroatoms. The van der Waals surface area contributed by atoms with Crippen molar-refractivity contribution in [3.63, 3.8) is 0 Å². The highest BCUT2D eigenvalue weighted by atomic mass is 16.7. The van der Waals surface area contributed by atoms with Crippen LogP contribution in [0.1, 0.15) is 87.8 Å². The van der Waals surface area contributed by atoms with Gasteiger partial charge in [-0.2, -0.15) is 0 Å². The van der Waals surface area contributed by atoms with Crippen molar-refractivity contribution in [1.29, 1.82) is 0 Å². The van der Waals surface area contributed by atoms with E-state index in [0.29, 0.717) is 42.4 Å². The van der Waals surface area contributed by atoms with Crippen molar-refractivity contribution in [2.45, 2.75) is 78.5 Å². The highest BCUT2D eigenvalue weighted by Gasteiger charge is 2.58. The summed E-state index contributed by atoms with van der Waals surface area (Å²) in [7, 11) is 1.57. The first-order valence-electron chi connectivity index (χ1n) is 12.8. The van der Waals surface area contributed by atoms with Crippen molar-refractivity contribution in [3.05, 3.63) is 46.8 Å². The van der Waals surface area contributed by atoms with Gasteiger partial charge in [-0.05, 0) is 42.9 Å². The number of carbonyl (C=O) groups excluding carboxylic acids is 1. The summed E-state index contributed by atoms with van der Waals surface area (Å²) >= 11 is 0. The summed E-state index contributed by atoms with van der Waals surface area (Å²) in [5.41, 5.74) is 0.258. The van der Waals surface area contributed by atoms with E-state index >= 15 is 0 Å². The van der Waals surface area contributed by atoms with E-state index in [-0.39, 0.29) is 29.6 Å². The topological polar surface area (TPSA) is 111 Å². The van der Waals surface area contributed by atoms with Crippen LogP contribution in [-0.4, -0.2) is 53.3 Å². The number of aryl methyl sites for hydroxylation is 1. The minimum atomic E-state index is -1.44. The summed E-state index contributed by atoms with van der Waals surface area (Å²) in [6.45, 7) is 14.6. The van der Waals surface area contributed by atoms with Gasteiger partial charge in [-0.1, -0.05) is 45.8 Å². The van der Waals surface area contributed by atoms with E-state index in [9.17, 15) is 14.7 Å². The predicted molar refractivity (Wildman–Crippen MR) is 138 cm³/mol. The number of amides is 1. The van der Waals surface area contributed by atoms with Gasteiger partial charge in [0.25, 0.3) is 5.91 Å². The SMILES string of the molecule is CCOC[C@H]1C[C@](CC(C)C)(OC(=O)O)N(C(=O)c2ccc(C(C)(C)C)c(OC)c2)[C@H]1c1cc(C)on1. The Morgan fingerprint density at radius 2 is 1.97 bits per heavy atom. The number of hydrogen-bond acceptors (Lipinski definition) is 7. The van der Waals surface area contributed by atoms with E-state index < -0.39 is 17.9 Å². The molecular formula is C28H40N2O7. The number of ether oxygens (including phenoxy) is 3. The second kappa shape index (κ2) is 11.1. The van der Waals surface area contributed by atoms with Crippen LogP contribution in [-0.2, 0) is 14.9 Å². The molecule has 1 aliphatic rings. The standard InChI is InChI=1S/C28H40N2O7/c1-9-35-16-20-15-28(14-17(2)3,36-26(32)33)30(24(20)22-12-18(4)37-29-22)25(31)19-10-11-21(27(5,6)7)23(13-19)34-8/h10-13,17,20,24H,9,14-16H2,1-8H3,(H,32,33)/t20-,24-,28+/m1/s1. The molecule has 37 heavy (non-hydrogen) atoms. The first-order valence-corrected chi connectivity index (χ1v) is 12.8. The molecule has 0 aliphatic carbocycles. The number of aromatic nitrogens is 1. The van der Waals surface area contributed by atoms with Crippen LogP contribution in [0.25, 0.3) is 0 Å². The van der Waals surface area contributed by atoms with E-state index in [1.54, 1.807) is 37.1 Å². The van der Waals surface area contributed by atoms with Crippen LogP contribution in [0.2, 0.25) is 0 Å². The number of rotatable bonds is 9. The van der Waals surface area contributed by atoms with Gasteiger partial charge in [0.1, 0.15) is 17.2 Å². The van der Waals surface area contributed by atoms with E-state index in [0.717, 1.165) is 5.56 Å². The molecule has 0 saturated carbocycles. The fourth-order valence-corrected chi connectivity index (χ4v) is 5.41. The Morgan fingerprint density at radius 1 is 1.27 bits per heavy atom. The first kappa shape index (κ1) is 28.5. The van der Waals surface area contributed by atoms with Gasteiger partial charge >= 0.3 is 6.16 Å². The van der Waals surface area contributed by atoms with Gasteiger partial charge in [-0.15, -0.1) is 0 Å². The number of carboxylic acid groups (broad SMARTS) is 1. The smallest absolute Gasteiger partial charge is 0.496 e. The van der Waals surface area contributed by atoms with Gasteiger partial charge in [0.05, 0.1) is 19.8 Å². The average Bonchev–Trinajstić information content (AvgIpc) is 3.35. The largest absolute Gasteiger partial charge is 0.507 e. The Hall–Kier alpha value is -3.07. The molecule has 1 aromatic carbocycles. The number of methoxy groups -OCH3 is 1. The van der Waals surface area contributed by atoms with Crippen molar-refractivity contribution in [3.8, 4) is 5.75 Å². The first-order chi connectivity index (χ1) is 17.3. The van der Waals surface area contributed by atoms with Crippen LogP contribution in [0.15, 0.2) is 28.8 Å². The lowest BCUT2D eigenvalue weighted by Crippen LogP contribution is -2.52. The maximum atomic E-state index is 14.4. The van der Waals surface area contributed by atoms with Crippen LogP contribution in [0, 0.1) is 18.8 Å². The number of hydrogen-bond donors (Lipinski definition) is 1. The lowest BCUT2D eigenvalue weighted by atomic mass is 9.85. The third-order valence-electron chi connectivity index (χ3n) is 6.71. The summed E-state index contributed by atoms with van der Waals surface area (Å²) in [4.78, 5) is 27.9. The van der Waals surface area contributed by atoms with Crippen molar-refractivity contribution < 1.29 is 33.4 Å². The molecule has 0 radical (unpaired) electrons. The van der Waals surface area contributed by atoms with Crippen LogP contribution >= 0.6 is 0 Å². The summed E-state index contributed by atoms with van der Waals surface area (Å²) in [5, 5.41) is 14.0. The number of carbonyl (C=O) groups is 2. The van der Waals surface area contributed by atoms with Crippen LogP contribution < -0.4 is 4.74 Å². The Kier molecular flexibility index (Phi) is 8.57. The van der Waals surface area contributed by atoms with E-state index in [4.69, 9.17) is 18.7 Å². The molecule has 2 aromatic rings. The Morgan fingerprint density at radius 3 is 2.49 bits per heavy atom. The zero-order valence-electron chi connectivity index (χ0n) is 23.2. The lowest BCUT2D eigenvalue weighted by Gasteiger charge is -2.40. The Bertz CT molecular complexity index is 1100. The van der Waals surface area contributed by atoms with Crippen molar-refractivity contribution in [1.82, 2.24) is 10.1 Å². The van der Waals surface area contributed by atoms with Gasteiger partial charge in [0, 0.05) is 37.0 Å². The molecule has 1 aliphatic heterocycles. The van der Waals surface area contributed by atoms with Gasteiger partial charge in [0.2, 0.25) is 0 Å². The lowest BCUT2D eigenvalue weighted by molar-refractivity contribution is -0.108. The third kappa shape index (κ3) is 6.09. The van der Waals surface area contributed by atoms with E-state index in [1.807, 2.05) is 26.8 Å². The van der Waals surface area contributed by atoms with Gasteiger partial charge in [0.15, 0.2) is 5.72 Å². The highest BCUT2D eigenvalue weighted by Crippen LogP contribution is 2.51. The molecule has 1 N–H and O–H groups in total. The van der Waals surface area contributed by atoms with E-state index in [2.05, 4.69) is 25.9 Å². The zero-order valence-corrected chi connectivity index (χ0v) is 23.2. The summed E-state index contributed by atoms with van der Waals surface area (Å²) in [6.07, 6.45) is -0.846. The Balaban J connectivity index is 2.22. The monoisotopic (exact) mass is 516 g/mol. The summed E-state index contributed by atoms with van der Waals surface area (Å²) in [6, 6.07) is 6.53. The van der Waals surface area contributed by atoms with Crippen LogP contribution in [0.5, 0.6) is 5.75 Å². The number of benzene rings is 1. The molecule has 1 aromatic heterocycles. The number of likely N-dealkylation sites (tertiary alicyclic amines) is 1. The van der Waals surface area contributed by atoms with Gasteiger partial charge in [-0.3, -0.25) is 9.69 Å². The molecule has 204 valence electrons. The van der Waals surface area contributed by atoms with E-state index in [1.165, 1.54) is 0 Å². The minimum Gasteiger partial charge on any atom is -0.496 e. The molecule has 9 nitrogen and oxygen atoms in total. The Labute approximate surface area is 219 Å². The van der Waals surface area contributed by atoms with Crippen molar-refractivity contribution >= 4 is 12.1 Å². The molecule has 0 unspecified atom stereocenters. The van der Waals surface area contributed by atoms with Crippen LogP contribution in [0.3, 0.4) is 0 Å². The fourth-order valence-electron chi connectivity index (χ4n) is 5.41. The second-order valence-electron chi connectivity index (χ2n) is 11.2. The highest BCUT2D eigenvalue weighted by molar-refractivity contribution is 5.96. The van der Waals surface area contributed by atoms with Gasteiger partial charge in [-0.25, -0.2) is 4.79 Å². The molecule has 3 atom stereocenters. The maximum Gasteiger partial charge on any atom is 0.507 e. The van der Waals surface area contributed by atoms with Crippen molar-refractivity contribution in [2.24, 2.45) is 11.8 Å². The van der Waals surface area contributed by atoms with Crippen LogP contribution in [0.4, 0.5) is 4.79 Å². The molecular weight excluding hydrogens is 476 g/mol. The molecule has 1 amide bonds. The van der Waals surface area contributed by atoms with Crippen molar-refractivity contribution in [2.75, 3.05) is 20.3 Å². The second-order valence-corrected chi connectivity index (χ2v) is 11.2. The average molecular weight is 517 g/mol. The molecule has 0 bridgehead atoms. The minimum absolute atomic E-state index is 0.0398. The summed E-state index contributed by atoms with van der Waals surface area (Å²) in [5.74, 6) is 0.589. The molecule has 0 spiro atoms. The summed E-state index contributed by atoms with van der Waals surface area (Å²) < 4.78 is 22.5. The predicted octanol–water partition coefficient (Wildman–Crippen LogP) is 5.97. The fraction of sp³-hybridized carbons (Fsp3) is 0.607. The van der Waals surface area contributed by atoms with Gasteiger partial charge < -0.3 is 23.8 Å². The number of nitrogens with zero attached hydrogens (tertiary/aromatic N) is 2. The molecule has 1 saturated heterocycles. The maximum absolute atomic E-state index is 14.4. The molecule has 2 heterocycles. The normalized spacial score (nSPS) is 21.9.